The van der Waals surface area contributed by atoms with Crippen LogP contribution in [-0.2, 0) is 4.74 Å². The largest absolute Gasteiger partial charge is 0.381 e. The van der Waals surface area contributed by atoms with Crippen LogP contribution in [0.25, 0.3) is 11.3 Å². The topological polar surface area (TPSA) is 27.1 Å². The summed E-state index contributed by atoms with van der Waals surface area (Å²) in [6.07, 6.45) is 3.27. The molecule has 20 heavy (non-hydrogen) atoms. The van der Waals surface area contributed by atoms with Crippen LogP contribution in [-0.4, -0.2) is 23.0 Å². The van der Waals surface area contributed by atoms with Gasteiger partial charge in [-0.3, -0.25) is 4.68 Å². The molecule has 0 atom stereocenters. The lowest BCUT2D eigenvalue weighted by atomic mass is 10.1. The van der Waals surface area contributed by atoms with Gasteiger partial charge in [-0.15, -0.1) is 0 Å². The van der Waals surface area contributed by atoms with E-state index in [0.29, 0.717) is 18.9 Å². The standard InChI is InChI=1S/C14H13BrF2N2O/c15-11-8-12(16)10(7-13(11)17)14-1-4-18-19(14)9-2-5-20-6-3-9/h1,4,7-9H,2-3,5-6H2. The van der Waals surface area contributed by atoms with Crippen molar-refractivity contribution < 1.29 is 13.5 Å². The zero-order valence-electron chi connectivity index (χ0n) is 10.7. The molecule has 0 bridgehead atoms. The van der Waals surface area contributed by atoms with Crippen molar-refractivity contribution in [2.75, 3.05) is 13.2 Å². The van der Waals surface area contributed by atoms with Crippen molar-refractivity contribution in [3.05, 3.63) is 40.5 Å². The van der Waals surface area contributed by atoms with Crippen molar-refractivity contribution in [1.29, 1.82) is 0 Å². The highest BCUT2D eigenvalue weighted by atomic mass is 79.9. The third-order valence-corrected chi connectivity index (χ3v) is 4.10. The van der Waals surface area contributed by atoms with Gasteiger partial charge in [-0.1, -0.05) is 0 Å². The van der Waals surface area contributed by atoms with E-state index < -0.39 is 11.6 Å². The Labute approximate surface area is 123 Å². The first-order chi connectivity index (χ1) is 9.66. The van der Waals surface area contributed by atoms with Crippen LogP contribution in [0, 0.1) is 11.6 Å². The quantitative estimate of drug-likeness (QED) is 0.773. The molecule has 0 saturated carbocycles. The molecule has 1 aliphatic rings. The van der Waals surface area contributed by atoms with E-state index in [9.17, 15) is 8.78 Å². The average molecular weight is 343 g/mol. The van der Waals surface area contributed by atoms with Gasteiger partial charge >= 0.3 is 0 Å². The third kappa shape index (κ3) is 2.50. The number of halogens is 3. The number of nitrogens with zero attached hydrogens (tertiary/aromatic N) is 2. The summed E-state index contributed by atoms with van der Waals surface area (Å²) in [4.78, 5) is 0. The van der Waals surface area contributed by atoms with E-state index in [2.05, 4.69) is 21.0 Å². The van der Waals surface area contributed by atoms with Crippen LogP contribution < -0.4 is 0 Å². The van der Waals surface area contributed by atoms with E-state index in [1.54, 1.807) is 16.9 Å². The Bertz CT molecular complexity index is 624. The Morgan fingerprint density at radius 3 is 2.70 bits per heavy atom. The molecule has 0 N–H and O–H groups in total. The average Bonchev–Trinajstić information content (AvgIpc) is 2.93. The molecule has 2 aromatic rings. The smallest absolute Gasteiger partial charge is 0.138 e. The van der Waals surface area contributed by atoms with Gasteiger partial charge in [-0.2, -0.15) is 5.10 Å². The molecule has 0 unspecified atom stereocenters. The molecule has 1 saturated heterocycles. The highest BCUT2D eigenvalue weighted by molar-refractivity contribution is 9.10. The minimum atomic E-state index is -0.485. The Morgan fingerprint density at radius 2 is 1.95 bits per heavy atom. The number of ether oxygens (including phenoxy) is 1. The van der Waals surface area contributed by atoms with Gasteiger partial charge in [0, 0.05) is 25.0 Å². The van der Waals surface area contributed by atoms with E-state index in [4.69, 9.17) is 4.74 Å². The number of benzene rings is 1. The van der Waals surface area contributed by atoms with Crippen molar-refractivity contribution in [3.8, 4) is 11.3 Å². The normalized spacial score (nSPS) is 16.6. The van der Waals surface area contributed by atoms with Crippen LogP contribution in [0.1, 0.15) is 18.9 Å². The van der Waals surface area contributed by atoms with Gasteiger partial charge in [0.1, 0.15) is 11.6 Å². The molecule has 2 heterocycles. The van der Waals surface area contributed by atoms with Gasteiger partial charge in [-0.05, 0) is 47.0 Å². The maximum atomic E-state index is 14.1. The molecule has 0 aliphatic carbocycles. The monoisotopic (exact) mass is 342 g/mol. The summed E-state index contributed by atoms with van der Waals surface area (Å²) in [7, 11) is 0. The van der Waals surface area contributed by atoms with Crippen molar-refractivity contribution in [1.82, 2.24) is 9.78 Å². The lowest BCUT2D eigenvalue weighted by Crippen LogP contribution is -2.21. The number of hydrogen-bond acceptors (Lipinski definition) is 2. The second-order valence-corrected chi connectivity index (χ2v) is 5.61. The van der Waals surface area contributed by atoms with Crippen LogP contribution >= 0.6 is 15.9 Å². The first-order valence-electron chi connectivity index (χ1n) is 6.43. The third-order valence-electron chi connectivity index (χ3n) is 3.49. The van der Waals surface area contributed by atoms with Crippen LogP contribution in [0.4, 0.5) is 8.78 Å². The molecule has 1 aliphatic heterocycles. The maximum absolute atomic E-state index is 14.1. The lowest BCUT2D eigenvalue weighted by molar-refractivity contribution is 0.0667. The molecule has 3 rings (SSSR count). The molecule has 1 aromatic heterocycles. The summed E-state index contributed by atoms with van der Waals surface area (Å²) in [5.41, 5.74) is 0.829. The van der Waals surface area contributed by atoms with E-state index in [1.807, 2.05) is 0 Å². The predicted molar refractivity (Wildman–Crippen MR) is 74.4 cm³/mol. The zero-order chi connectivity index (χ0) is 14.1. The molecule has 0 radical (unpaired) electrons. The van der Waals surface area contributed by atoms with Gasteiger partial charge in [0.15, 0.2) is 0 Å². The van der Waals surface area contributed by atoms with E-state index >= 15 is 0 Å². The number of aromatic nitrogens is 2. The fourth-order valence-corrected chi connectivity index (χ4v) is 2.78. The van der Waals surface area contributed by atoms with Crippen molar-refractivity contribution in [3.63, 3.8) is 0 Å². The van der Waals surface area contributed by atoms with Crippen LogP contribution in [0.2, 0.25) is 0 Å². The Morgan fingerprint density at radius 1 is 1.20 bits per heavy atom. The Hall–Kier alpha value is -1.27. The summed E-state index contributed by atoms with van der Waals surface area (Å²) in [6.45, 7) is 1.34. The Balaban J connectivity index is 2.03. The molecule has 6 heteroatoms. The molecule has 1 fully saturated rings. The van der Waals surface area contributed by atoms with E-state index in [-0.39, 0.29) is 16.1 Å². The molecule has 106 valence electrons. The molecule has 0 amide bonds. The summed E-state index contributed by atoms with van der Waals surface area (Å²) < 4.78 is 35.0. The second kappa shape index (κ2) is 5.61. The van der Waals surface area contributed by atoms with Crippen molar-refractivity contribution in [2.24, 2.45) is 0 Å². The summed E-state index contributed by atoms with van der Waals surface area (Å²) >= 11 is 2.98. The van der Waals surface area contributed by atoms with E-state index in [0.717, 1.165) is 18.9 Å². The highest BCUT2D eigenvalue weighted by Crippen LogP contribution is 2.31. The number of hydrogen-bond donors (Lipinski definition) is 0. The van der Waals surface area contributed by atoms with Crippen LogP contribution in [0.15, 0.2) is 28.9 Å². The predicted octanol–water partition coefficient (Wildman–Crippen LogP) is 3.94. The molecular weight excluding hydrogens is 330 g/mol. The van der Waals surface area contributed by atoms with Crippen LogP contribution in [0.3, 0.4) is 0 Å². The van der Waals surface area contributed by atoms with Crippen LogP contribution in [0.5, 0.6) is 0 Å². The van der Waals surface area contributed by atoms with Gasteiger partial charge in [0.05, 0.1) is 16.2 Å². The summed E-state index contributed by atoms with van der Waals surface area (Å²) in [5, 5.41) is 4.27. The molecule has 1 aromatic carbocycles. The van der Waals surface area contributed by atoms with Crippen molar-refractivity contribution in [2.45, 2.75) is 18.9 Å². The SMILES string of the molecule is Fc1cc(-c2ccnn2C2CCOCC2)c(F)cc1Br. The maximum Gasteiger partial charge on any atom is 0.138 e. The lowest BCUT2D eigenvalue weighted by Gasteiger charge is -2.24. The fraction of sp³-hybridized carbons (Fsp3) is 0.357. The molecular formula is C14H13BrF2N2O. The minimum absolute atomic E-state index is 0.121. The minimum Gasteiger partial charge on any atom is -0.381 e. The van der Waals surface area contributed by atoms with E-state index in [1.165, 1.54) is 6.07 Å². The highest BCUT2D eigenvalue weighted by Gasteiger charge is 2.21. The fourth-order valence-electron chi connectivity index (χ4n) is 2.47. The van der Waals surface area contributed by atoms with Gasteiger partial charge in [0.2, 0.25) is 0 Å². The summed E-state index contributed by atoms with van der Waals surface area (Å²) in [6, 6.07) is 4.22. The first-order valence-corrected chi connectivity index (χ1v) is 7.22. The molecule has 3 nitrogen and oxygen atoms in total. The molecule has 0 spiro atoms. The van der Waals surface area contributed by atoms with Gasteiger partial charge in [0.25, 0.3) is 0 Å². The van der Waals surface area contributed by atoms with Gasteiger partial charge < -0.3 is 4.74 Å². The second-order valence-electron chi connectivity index (χ2n) is 4.75. The first kappa shape index (κ1) is 13.7. The zero-order valence-corrected chi connectivity index (χ0v) is 12.2. The van der Waals surface area contributed by atoms with Gasteiger partial charge in [-0.25, -0.2) is 8.78 Å². The number of rotatable bonds is 2. The Kier molecular flexibility index (Phi) is 3.85. The summed E-state index contributed by atoms with van der Waals surface area (Å²) in [5.74, 6) is -0.951. The van der Waals surface area contributed by atoms with Crippen molar-refractivity contribution >= 4 is 15.9 Å².